The molecule has 1 saturated heterocycles. The zero-order valence-electron chi connectivity index (χ0n) is 14.1. The van der Waals surface area contributed by atoms with Crippen molar-refractivity contribution in [1.82, 2.24) is 24.9 Å². The molecule has 2 fully saturated rings. The fraction of sp³-hybridized carbons (Fsp3) is 0.647. The highest BCUT2D eigenvalue weighted by atomic mass is 16.1. The number of anilines is 1. The van der Waals surface area contributed by atoms with Crippen LogP contribution in [0.4, 0.5) is 5.82 Å². The predicted molar refractivity (Wildman–Crippen MR) is 90.9 cm³/mol. The molecule has 3 heterocycles. The smallest absolute Gasteiger partial charge is 0.254 e. The van der Waals surface area contributed by atoms with E-state index < -0.39 is 0 Å². The molecule has 0 unspecified atom stereocenters. The number of hydrogen-bond acceptors (Lipinski definition) is 5. The van der Waals surface area contributed by atoms with E-state index in [4.69, 9.17) is 0 Å². The standard InChI is InChI=1S/C17H24N6O/c1-12-9-16(23-17(20-12)18-11-19-23)22-7-5-13(6-8-22)10-15(24)21-14-3-2-4-14/h9,11,13-14H,2-8,10H2,1H3,(H,21,24). The van der Waals surface area contributed by atoms with Crippen molar-refractivity contribution in [3.8, 4) is 0 Å². The maximum atomic E-state index is 12.1. The molecule has 2 aromatic heterocycles. The summed E-state index contributed by atoms with van der Waals surface area (Å²) in [6, 6.07) is 2.50. The Bertz CT molecular complexity index is 730. The fourth-order valence-corrected chi connectivity index (χ4v) is 3.60. The molecule has 24 heavy (non-hydrogen) atoms. The van der Waals surface area contributed by atoms with Crippen molar-refractivity contribution in [3.63, 3.8) is 0 Å². The number of amides is 1. The topological polar surface area (TPSA) is 75.4 Å². The van der Waals surface area contributed by atoms with Gasteiger partial charge < -0.3 is 10.2 Å². The first kappa shape index (κ1) is 15.4. The van der Waals surface area contributed by atoms with Crippen molar-refractivity contribution in [1.29, 1.82) is 0 Å². The Morgan fingerprint density at radius 1 is 1.29 bits per heavy atom. The average Bonchev–Trinajstić information content (AvgIpc) is 2.99. The van der Waals surface area contributed by atoms with Crippen LogP contribution in [0.5, 0.6) is 0 Å². The molecule has 0 bridgehead atoms. The van der Waals surface area contributed by atoms with Crippen molar-refractivity contribution < 1.29 is 4.79 Å². The lowest BCUT2D eigenvalue weighted by Crippen LogP contribution is -2.41. The van der Waals surface area contributed by atoms with Crippen LogP contribution in [0.2, 0.25) is 0 Å². The third kappa shape index (κ3) is 3.07. The summed E-state index contributed by atoms with van der Waals surface area (Å²) >= 11 is 0. The van der Waals surface area contributed by atoms with Gasteiger partial charge in [0.2, 0.25) is 5.91 Å². The molecule has 7 heteroatoms. The van der Waals surface area contributed by atoms with Crippen molar-refractivity contribution in [2.75, 3.05) is 18.0 Å². The highest BCUT2D eigenvalue weighted by Gasteiger charge is 2.25. The number of carbonyl (C=O) groups is 1. The van der Waals surface area contributed by atoms with Crippen LogP contribution in [0.25, 0.3) is 5.78 Å². The Balaban J connectivity index is 1.36. The second-order valence-corrected chi connectivity index (χ2v) is 7.06. The van der Waals surface area contributed by atoms with E-state index in [1.54, 1.807) is 10.8 Å². The van der Waals surface area contributed by atoms with E-state index in [0.717, 1.165) is 50.3 Å². The first-order valence-corrected chi connectivity index (χ1v) is 8.91. The van der Waals surface area contributed by atoms with Crippen LogP contribution in [0.3, 0.4) is 0 Å². The third-order valence-electron chi connectivity index (χ3n) is 5.24. The van der Waals surface area contributed by atoms with E-state index in [2.05, 4.69) is 31.3 Å². The van der Waals surface area contributed by atoms with E-state index >= 15 is 0 Å². The number of nitrogens with one attached hydrogen (secondary N) is 1. The van der Waals surface area contributed by atoms with E-state index in [9.17, 15) is 4.79 Å². The van der Waals surface area contributed by atoms with Crippen LogP contribution < -0.4 is 10.2 Å². The number of rotatable bonds is 4. The summed E-state index contributed by atoms with van der Waals surface area (Å²) in [6.07, 6.45) is 7.84. The number of aryl methyl sites for hydroxylation is 1. The molecule has 1 aliphatic carbocycles. The molecule has 0 spiro atoms. The molecule has 1 saturated carbocycles. The van der Waals surface area contributed by atoms with Gasteiger partial charge in [-0.2, -0.15) is 14.6 Å². The van der Waals surface area contributed by atoms with Gasteiger partial charge in [-0.15, -0.1) is 0 Å². The minimum absolute atomic E-state index is 0.233. The molecular formula is C17H24N6O. The molecule has 0 radical (unpaired) electrons. The second-order valence-electron chi connectivity index (χ2n) is 7.06. The Hall–Kier alpha value is -2.18. The van der Waals surface area contributed by atoms with Crippen molar-refractivity contribution in [2.45, 2.75) is 51.5 Å². The Kier molecular flexibility index (Phi) is 4.08. The van der Waals surface area contributed by atoms with Crippen molar-refractivity contribution >= 4 is 17.5 Å². The number of fused-ring (bicyclic) bond motifs is 1. The van der Waals surface area contributed by atoms with Crippen LogP contribution in [-0.2, 0) is 4.79 Å². The summed E-state index contributed by atoms with van der Waals surface area (Å²) in [7, 11) is 0. The van der Waals surface area contributed by atoms with E-state index in [1.165, 1.54) is 6.42 Å². The second kappa shape index (κ2) is 6.37. The SMILES string of the molecule is Cc1cc(N2CCC(CC(=O)NC3CCC3)CC2)n2ncnc2n1. The monoisotopic (exact) mass is 328 g/mol. The van der Waals surface area contributed by atoms with Gasteiger partial charge >= 0.3 is 0 Å². The lowest BCUT2D eigenvalue weighted by atomic mass is 9.90. The largest absolute Gasteiger partial charge is 0.356 e. The van der Waals surface area contributed by atoms with Crippen molar-refractivity contribution in [3.05, 3.63) is 18.1 Å². The van der Waals surface area contributed by atoms with Crippen LogP contribution in [0.15, 0.2) is 12.4 Å². The van der Waals surface area contributed by atoms with Gasteiger partial charge in [-0.1, -0.05) is 0 Å². The van der Waals surface area contributed by atoms with E-state index in [1.807, 2.05) is 6.92 Å². The Morgan fingerprint density at radius 2 is 2.08 bits per heavy atom. The highest BCUT2D eigenvalue weighted by Crippen LogP contribution is 2.26. The fourth-order valence-electron chi connectivity index (χ4n) is 3.60. The molecule has 1 N–H and O–H groups in total. The van der Waals surface area contributed by atoms with Gasteiger partial charge in [-0.05, 0) is 44.9 Å². The maximum absolute atomic E-state index is 12.1. The lowest BCUT2D eigenvalue weighted by molar-refractivity contribution is -0.123. The molecular weight excluding hydrogens is 304 g/mol. The molecule has 0 atom stereocenters. The zero-order chi connectivity index (χ0) is 16.5. The first-order chi connectivity index (χ1) is 11.7. The number of piperidine rings is 1. The van der Waals surface area contributed by atoms with Crippen LogP contribution in [0.1, 0.15) is 44.2 Å². The summed E-state index contributed by atoms with van der Waals surface area (Å²) in [4.78, 5) is 23.0. The summed E-state index contributed by atoms with van der Waals surface area (Å²) in [5, 5.41) is 7.44. The van der Waals surface area contributed by atoms with E-state index in [-0.39, 0.29) is 5.91 Å². The van der Waals surface area contributed by atoms with Crippen LogP contribution in [0, 0.1) is 12.8 Å². The minimum atomic E-state index is 0.233. The van der Waals surface area contributed by atoms with Crippen molar-refractivity contribution in [2.24, 2.45) is 5.92 Å². The average molecular weight is 328 g/mol. The van der Waals surface area contributed by atoms with Gasteiger partial charge in [0, 0.05) is 37.3 Å². The normalized spacial score (nSPS) is 19.5. The number of nitrogens with zero attached hydrogens (tertiary/aromatic N) is 5. The molecule has 4 rings (SSSR count). The number of aromatic nitrogens is 4. The number of hydrogen-bond donors (Lipinski definition) is 1. The number of carbonyl (C=O) groups excluding carboxylic acids is 1. The molecule has 2 aromatic rings. The van der Waals surface area contributed by atoms with E-state index in [0.29, 0.717) is 24.2 Å². The van der Waals surface area contributed by atoms with Gasteiger partial charge in [-0.3, -0.25) is 4.79 Å². The third-order valence-corrected chi connectivity index (χ3v) is 5.24. The Labute approximate surface area is 141 Å². The summed E-state index contributed by atoms with van der Waals surface area (Å²) in [6.45, 7) is 3.87. The molecule has 7 nitrogen and oxygen atoms in total. The minimum Gasteiger partial charge on any atom is -0.356 e. The van der Waals surface area contributed by atoms with Crippen LogP contribution in [-0.4, -0.2) is 44.6 Å². The maximum Gasteiger partial charge on any atom is 0.254 e. The lowest BCUT2D eigenvalue weighted by Gasteiger charge is -2.34. The van der Waals surface area contributed by atoms with Gasteiger partial charge in [0.1, 0.15) is 12.1 Å². The van der Waals surface area contributed by atoms with Crippen LogP contribution >= 0.6 is 0 Å². The Morgan fingerprint density at radius 3 is 2.79 bits per heavy atom. The van der Waals surface area contributed by atoms with Gasteiger partial charge in [0.15, 0.2) is 0 Å². The first-order valence-electron chi connectivity index (χ1n) is 8.91. The molecule has 1 aliphatic heterocycles. The summed E-state index contributed by atoms with van der Waals surface area (Å²) < 4.78 is 1.80. The quantitative estimate of drug-likeness (QED) is 0.925. The summed E-state index contributed by atoms with van der Waals surface area (Å²) in [5.74, 6) is 2.41. The van der Waals surface area contributed by atoms with Gasteiger partial charge in [-0.25, -0.2) is 4.98 Å². The molecule has 1 amide bonds. The predicted octanol–water partition coefficient (Wildman–Crippen LogP) is 1.71. The molecule has 2 aliphatic rings. The van der Waals surface area contributed by atoms with Gasteiger partial charge in [0.05, 0.1) is 0 Å². The molecule has 128 valence electrons. The molecule has 0 aromatic carbocycles. The zero-order valence-corrected chi connectivity index (χ0v) is 14.1. The summed E-state index contributed by atoms with van der Waals surface area (Å²) in [5.41, 5.74) is 0.951. The highest BCUT2D eigenvalue weighted by molar-refractivity contribution is 5.76. The van der Waals surface area contributed by atoms with Gasteiger partial charge in [0.25, 0.3) is 5.78 Å².